The number of hydrogen-bond acceptors (Lipinski definition) is 2. The second-order valence-electron chi connectivity index (χ2n) is 3.99. The minimum Gasteiger partial charge on any atom is -0.663 e. The van der Waals surface area contributed by atoms with Crippen molar-refractivity contribution in [2.45, 2.75) is 31.6 Å². The van der Waals surface area contributed by atoms with Gasteiger partial charge in [0.15, 0.2) is 0 Å². The summed E-state index contributed by atoms with van der Waals surface area (Å²) in [5.74, 6) is 0.673. The first-order valence-electron chi connectivity index (χ1n) is 5.44. The van der Waals surface area contributed by atoms with Crippen LogP contribution in [0.1, 0.15) is 37.2 Å². The van der Waals surface area contributed by atoms with Crippen LogP contribution in [-0.2, 0) is 0 Å². The molecular formula is C12H16NOP. The number of hydrogen-bond donors (Lipinski definition) is 0. The summed E-state index contributed by atoms with van der Waals surface area (Å²) in [6.07, 6.45) is 4.36. The fraction of sp³-hybridized carbons (Fsp3) is 0.417. The Morgan fingerprint density at radius 3 is 2.40 bits per heavy atom. The van der Waals surface area contributed by atoms with Crippen LogP contribution in [0.2, 0.25) is 0 Å². The first kappa shape index (κ1) is 10.8. The Balaban J connectivity index is 1.97. The van der Waals surface area contributed by atoms with E-state index in [0.29, 0.717) is 5.92 Å². The van der Waals surface area contributed by atoms with E-state index >= 15 is 0 Å². The summed E-state index contributed by atoms with van der Waals surface area (Å²) in [6, 6.07) is 10.7. The monoisotopic (exact) mass is 221 g/mol. The summed E-state index contributed by atoms with van der Waals surface area (Å²) in [7, 11) is -0.944. The van der Waals surface area contributed by atoms with Crippen LogP contribution in [0.3, 0.4) is 0 Å². The van der Waals surface area contributed by atoms with Crippen molar-refractivity contribution >= 4 is 14.7 Å². The van der Waals surface area contributed by atoms with Gasteiger partial charge in [0.1, 0.15) is 0 Å². The molecule has 1 aromatic carbocycles. The molecule has 2 rings (SSSR count). The van der Waals surface area contributed by atoms with E-state index in [4.69, 9.17) is 0 Å². The molecule has 0 spiro atoms. The van der Waals surface area contributed by atoms with E-state index in [2.05, 4.69) is 35.1 Å². The smallest absolute Gasteiger partial charge is 0.0570 e. The van der Waals surface area contributed by atoms with Crippen molar-refractivity contribution in [1.29, 1.82) is 0 Å². The minimum absolute atomic E-state index is 0.673. The average molecular weight is 221 g/mol. The minimum atomic E-state index is -0.944. The van der Waals surface area contributed by atoms with Crippen LogP contribution in [0.5, 0.6) is 0 Å². The summed E-state index contributed by atoms with van der Waals surface area (Å²) >= 11 is 0. The molecule has 15 heavy (non-hydrogen) atoms. The lowest BCUT2D eigenvalue weighted by molar-refractivity contribution is -0.150. The van der Waals surface area contributed by atoms with Crippen molar-refractivity contribution in [3.8, 4) is 0 Å². The highest BCUT2D eigenvalue weighted by molar-refractivity contribution is 7.28. The maximum Gasteiger partial charge on any atom is 0.0570 e. The lowest BCUT2D eigenvalue weighted by atomic mass is 9.83. The van der Waals surface area contributed by atoms with E-state index in [1.165, 1.54) is 5.56 Å². The largest absolute Gasteiger partial charge is 0.663 e. The molecule has 1 fully saturated rings. The zero-order valence-corrected chi connectivity index (χ0v) is 9.88. The molecule has 80 valence electrons. The van der Waals surface area contributed by atoms with Crippen molar-refractivity contribution in [2.75, 3.05) is 0 Å². The maximum atomic E-state index is 10.4. The highest BCUT2D eigenvalue weighted by atomic mass is 31.1. The van der Waals surface area contributed by atoms with Gasteiger partial charge in [-0.05, 0) is 37.2 Å². The number of benzene rings is 1. The summed E-state index contributed by atoms with van der Waals surface area (Å²) in [5, 5.41) is 0. The van der Waals surface area contributed by atoms with Crippen molar-refractivity contribution in [1.82, 2.24) is 0 Å². The van der Waals surface area contributed by atoms with Crippen LogP contribution in [0.25, 0.3) is 0 Å². The highest BCUT2D eigenvalue weighted by Crippen LogP contribution is 2.31. The molecule has 0 aromatic heterocycles. The van der Waals surface area contributed by atoms with Gasteiger partial charge in [-0.2, -0.15) is 0 Å². The van der Waals surface area contributed by atoms with E-state index in [0.717, 1.165) is 31.4 Å². The highest BCUT2D eigenvalue weighted by Gasteiger charge is 2.19. The third-order valence-electron chi connectivity index (χ3n) is 3.07. The lowest BCUT2D eigenvalue weighted by Crippen LogP contribution is -2.12. The van der Waals surface area contributed by atoms with Gasteiger partial charge in [-0.3, -0.25) is 0 Å². The Morgan fingerprint density at radius 1 is 1.13 bits per heavy atom. The van der Waals surface area contributed by atoms with Gasteiger partial charge in [-0.25, -0.2) is 0 Å². The van der Waals surface area contributed by atoms with Crippen LogP contribution in [0.4, 0.5) is 0 Å². The molecule has 3 heteroatoms. The molecule has 1 unspecified atom stereocenters. The number of rotatable bonds is 2. The molecule has 0 radical (unpaired) electrons. The second kappa shape index (κ2) is 5.39. The van der Waals surface area contributed by atoms with Gasteiger partial charge in [0.05, 0.1) is 14.7 Å². The van der Waals surface area contributed by atoms with E-state index in [9.17, 15) is 4.89 Å². The molecular weight excluding hydrogens is 205 g/mol. The normalized spacial score (nSPS) is 22.2. The third-order valence-corrected chi connectivity index (χ3v) is 3.54. The first-order valence-corrected chi connectivity index (χ1v) is 6.43. The lowest BCUT2D eigenvalue weighted by Gasteiger charge is -2.22. The second-order valence-corrected chi connectivity index (χ2v) is 4.45. The zero-order chi connectivity index (χ0) is 10.5. The van der Waals surface area contributed by atoms with E-state index in [-0.39, 0.29) is 0 Å². The van der Waals surface area contributed by atoms with Gasteiger partial charge in [0, 0.05) is 0 Å². The van der Waals surface area contributed by atoms with Gasteiger partial charge in [0.2, 0.25) is 0 Å². The Morgan fingerprint density at radius 2 is 1.80 bits per heavy atom. The summed E-state index contributed by atoms with van der Waals surface area (Å²) in [6.45, 7) is 0. The molecule has 1 aliphatic carbocycles. The molecule has 1 saturated carbocycles. The van der Waals surface area contributed by atoms with Gasteiger partial charge < -0.3 is 4.89 Å². The van der Waals surface area contributed by atoms with Crippen LogP contribution in [-0.4, -0.2) is 5.71 Å². The van der Waals surface area contributed by atoms with E-state index < -0.39 is 8.96 Å². The van der Waals surface area contributed by atoms with Crippen molar-refractivity contribution in [3.05, 3.63) is 35.9 Å². The molecule has 1 aliphatic rings. The van der Waals surface area contributed by atoms with Gasteiger partial charge in [0.25, 0.3) is 0 Å². The third kappa shape index (κ3) is 2.87. The molecule has 0 aliphatic heterocycles. The Bertz CT molecular complexity index is 327. The predicted octanol–water partition coefficient (Wildman–Crippen LogP) is 2.39. The van der Waals surface area contributed by atoms with Crippen molar-refractivity contribution in [2.24, 2.45) is 4.76 Å². The van der Waals surface area contributed by atoms with Gasteiger partial charge in [-0.1, -0.05) is 30.3 Å². The fourth-order valence-corrected chi connectivity index (χ4v) is 2.62. The summed E-state index contributed by atoms with van der Waals surface area (Å²) in [5.41, 5.74) is 2.60. The SMILES string of the molecule is [O-][PH2+]N=C1CCC(c2ccccc2)CC1. The molecule has 0 bridgehead atoms. The zero-order valence-electron chi connectivity index (χ0n) is 8.73. The standard InChI is InChI=1S/C12H16NOP/c14-15-13-12-8-6-11(7-9-12)10-4-2-1-3-5-10/h1-5,11H,6-9,15H2. The van der Waals surface area contributed by atoms with Crippen LogP contribution < -0.4 is 4.89 Å². The van der Waals surface area contributed by atoms with Crippen LogP contribution in [0, 0.1) is 0 Å². The molecule has 2 nitrogen and oxygen atoms in total. The van der Waals surface area contributed by atoms with Gasteiger partial charge >= 0.3 is 0 Å². The summed E-state index contributed by atoms with van der Waals surface area (Å²) in [4.78, 5) is 10.4. The molecule has 1 atom stereocenters. The maximum absolute atomic E-state index is 10.4. The molecule has 0 saturated heterocycles. The van der Waals surface area contributed by atoms with Crippen molar-refractivity contribution < 1.29 is 4.89 Å². The Hall–Kier alpha value is -0.720. The van der Waals surface area contributed by atoms with Gasteiger partial charge in [-0.15, -0.1) is 4.76 Å². The number of nitrogens with zero attached hydrogens (tertiary/aromatic N) is 1. The van der Waals surface area contributed by atoms with Crippen LogP contribution in [0.15, 0.2) is 35.1 Å². The summed E-state index contributed by atoms with van der Waals surface area (Å²) < 4.78 is 4.06. The topological polar surface area (TPSA) is 35.4 Å². The molecule has 0 heterocycles. The first-order chi connectivity index (χ1) is 7.40. The van der Waals surface area contributed by atoms with E-state index in [1.54, 1.807) is 0 Å². The molecule has 1 aromatic rings. The fourth-order valence-electron chi connectivity index (χ4n) is 2.21. The average Bonchev–Trinajstić information content (AvgIpc) is 2.32. The van der Waals surface area contributed by atoms with Crippen molar-refractivity contribution in [3.63, 3.8) is 0 Å². The Kier molecular flexibility index (Phi) is 3.87. The Labute approximate surface area is 92.4 Å². The quantitative estimate of drug-likeness (QED) is 0.706. The predicted molar refractivity (Wildman–Crippen MR) is 64.8 cm³/mol. The van der Waals surface area contributed by atoms with Crippen LogP contribution >= 0.6 is 8.96 Å². The van der Waals surface area contributed by atoms with E-state index in [1.807, 2.05) is 0 Å². The molecule has 0 amide bonds. The molecule has 0 N–H and O–H groups in total.